The largest absolute Gasteiger partial charge is 0.369 e. The lowest BCUT2D eigenvalue weighted by molar-refractivity contribution is -0.144. The van der Waals surface area contributed by atoms with Gasteiger partial charge >= 0.3 is 0 Å². The Hall–Kier alpha value is -0.570. The van der Waals surface area contributed by atoms with E-state index in [0.717, 1.165) is 25.2 Å². The molecule has 0 heterocycles. The van der Waals surface area contributed by atoms with Crippen LogP contribution >= 0.6 is 0 Å². The van der Waals surface area contributed by atoms with Crippen LogP contribution in [0.2, 0.25) is 0 Å². The van der Waals surface area contributed by atoms with Crippen LogP contribution in [-0.4, -0.2) is 11.9 Å². The molecule has 4 rings (SSSR count). The minimum atomic E-state index is -0.160. The Morgan fingerprint density at radius 1 is 1.14 bits per heavy atom. The second-order valence-corrected chi connectivity index (χ2v) is 5.69. The van der Waals surface area contributed by atoms with E-state index in [9.17, 15) is 4.79 Å². The number of amides is 1. The van der Waals surface area contributed by atoms with E-state index in [2.05, 4.69) is 0 Å². The second kappa shape index (κ2) is 2.51. The van der Waals surface area contributed by atoms with Gasteiger partial charge in [0, 0.05) is 11.5 Å². The maximum atomic E-state index is 11.5. The van der Waals surface area contributed by atoms with Gasteiger partial charge in [-0.3, -0.25) is 4.79 Å². The Bertz CT molecular complexity index is 273. The lowest BCUT2D eigenvalue weighted by Crippen LogP contribution is -2.60. The average Bonchev–Trinajstić information content (AvgIpc) is 2.12. The van der Waals surface area contributed by atoms with E-state index >= 15 is 0 Å². The van der Waals surface area contributed by atoms with E-state index in [1.54, 1.807) is 0 Å². The fourth-order valence-corrected chi connectivity index (χ4v) is 4.37. The summed E-state index contributed by atoms with van der Waals surface area (Å²) in [7, 11) is 0. The highest BCUT2D eigenvalue weighted by Crippen LogP contribution is 2.59. The van der Waals surface area contributed by atoms with Crippen molar-refractivity contribution in [1.82, 2.24) is 0 Å². The number of hydrogen-bond donors (Lipinski definition) is 2. The third-order valence-corrected chi connectivity index (χ3v) is 4.87. The summed E-state index contributed by atoms with van der Waals surface area (Å²) in [5.41, 5.74) is 11.6. The molecule has 4 N–H and O–H groups in total. The van der Waals surface area contributed by atoms with E-state index in [1.165, 1.54) is 12.8 Å². The quantitative estimate of drug-likeness (QED) is 0.642. The summed E-state index contributed by atoms with van der Waals surface area (Å²) in [5, 5.41) is 0. The SMILES string of the molecule is NC(=O)[C@]12CC3CC(C1)[C@@H](N)[C@@H](C3)C2. The Morgan fingerprint density at radius 3 is 2.21 bits per heavy atom. The third kappa shape index (κ3) is 0.937. The normalized spacial score (nSPS) is 54.9. The van der Waals surface area contributed by atoms with E-state index in [1.807, 2.05) is 0 Å². The van der Waals surface area contributed by atoms with E-state index in [0.29, 0.717) is 17.9 Å². The van der Waals surface area contributed by atoms with Crippen LogP contribution in [-0.2, 0) is 4.79 Å². The molecule has 0 saturated heterocycles. The molecule has 4 bridgehead atoms. The van der Waals surface area contributed by atoms with Gasteiger partial charge < -0.3 is 11.5 Å². The molecule has 3 heteroatoms. The van der Waals surface area contributed by atoms with Crippen molar-refractivity contribution in [2.75, 3.05) is 0 Å². The fraction of sp³-hybridized carbons (Fsp3) is 0.909. The van der Waals surface area contributed by atoms with Gasteiger partial charge in [0.05, 0.1) is 0 Å². The molecule has 5 atom stereocenters. The van der Waals surface area contributed by atoms with E-state index in [-0.39, 0.29) is 11.3 Å². The highest BCUT2D eigenvalue weighted by Gasteiger charge is 2.56. The topological polar surface area (TPSA) is 69.1 Å². The van der Waals surface area contributed by atoms with Gasteiger partial charge in [0.25, 0.3) is 0 Å². The van der Waals surface area contributed by atoms with Crippen LogP contribution in [0.5, 0.6) is 0 Å². The van der Waals surface area contributed by atoms with Crippen molar-refractivity contribution < 1.29 is 4.79 Å². The van der Waals surface area contributed by atoms with Gasteiger partial charge in [0.2, 0.25) is 5.91 Å². The van der Waals surface area contributed by atoms with Crippen molar-refractivity contribution >= 4 is 5.91 Å². The molecular weight excluding hydrogens is 176 g/mol. The number of carbonyl (C=O) groups is 1. The summed E-state index contributed by atoms with van der Waals surface area (Å²) in [6.45, 7) is 0. The van der Waals surface area contributed by atoms with Crippen molar-refractivity contribution in [2.45, 2.75) is 38.1 Å². The van der Waals surface area contributed by atoms with Gasteiger partial charge in [-0.1, -0.05) is 0 Å². The number of hydrogen-bond acceptors (Lipinski definition) is 2. The maximum absolute atomic E-state index is 11.5. The number of carbonyl (C=O) groups excluding carboxylic acids is 1. The molecule has 0 aliphatic heterocycles. The van der Waals surface area contributed by atoms with Gasteiger partial charge in [0.15, 0.2) is 0 Å². The smallest absolute Gasteiger partial charge is 0.223 e. The third-order valence-electron chi connectivity index (χ3n) is 4.87. The van der Waals surface area contributed by atoms with Crippen LogP contribution < -0.4 is 11.5 Å². The van der Waals surface area contributed by atoms with Crippen LogP contribution in [0.3, 0.4) is 0 Å². The predicted octanol–water partition coefficient (Wildman–Crippen LogP) is 0.625. The standard InChI is InChI=1S/C11H18N2O/c12-9-7-1-6-2-8(9)5-11(3-6,4-7)10(13)14/h6-9H,1-5,12H2,(H2,13,14)/t6?,7-,8?,9-,11-/m0/s1. The van der Waals surface area contributed by atoms with Gasteiger partial charge in [0.1, 0.15) is 0 Å². The summed E-state index contributed by atoms with van der Waals surface area (Å²) in [5.74, 6) is 1.83. The first-order valence-corrected chi connectivity index (χ1v) is 5.66. The molecule has 4 aliphatic carbocycles. The Kier molecular flexibility index (Phi) is 1.56. The zero-order chi connectivity index (χ0) is 9.92. The first-order chi connectivity index (χ1) is 6.61. The van der Waals surface area contributed by atoms with Crippen molar-refractivity contribution in [3.8, 4) is 0 Å². The molecule has 3 nitrogen and oxygen atoms in total. The molecule has 14 heavy (non-hydrogen) atoms. The molecule has 1 amide bonds. The Labute approximate surface area is 84.2 Å². The minimum Gasteiger partial charge on any atom is -0.369 e. The summed E-state index contributed by atoms with van der Waals surface area (Å²) >= 11 is 0. The summed E-state index contributed by atoms with van der Waals surface area (Å²) < 4.78 is 0. The molecule has 0 radical (unpaired) electrons. The lowest BCUT2D eigenvalue weighted by Gasteiger charge is -2.58. The van der Waals surface area contributed by atoms with Crippen LogP contribution in [0.4, 0.5) is 0 Å². The Morgan fingerprint density at radius 2 is 1.71 bits per heavy atom. The summed E-state index contributed by atoms with van der Waals surface area (Å²) in [4.78, 5) is 11.5. The monoisotopic (exact) mass is 194 g/mol. The average molecular weight is 194 g/mol. The van der Waals surface area contributed by atoms with Gasteiger partial charge in [-0.15, -0.1) is 0 Å². The first kappa shape index (κ1) is 8.72. The second-order valence-electron chi connectivity index (χ2n) is 5.69. The van der Waals surface area contributed by atoms with Crippen molar-refractivity contribution in [3.63, 3.8) is 0 Å². The van der Waals surface area contributed by atoms with Gasteiger partial charge in [-0.25, -0.2) is 0 Å². The zero-order valence-electron chi connectivity index (χ0n) is 8.41. The molecular formula is C11H18N2O. The van der Waals surface area contributed by atoms with Crippen molar-refractivity contribution in [2.24, 2.45) is 34.6 Å². The van der Waals surface area contributed by atoms with E-state index < -0.39 is 0 Å². The molecule has 0 spiro atoms. The number of rotatable bonds is 1. The highest BCUT2D eigenvalue weighted by molar-refractivity contribution is 5.81. The zero-order valence-corrected chi connectivity index (χ0v) is 8.41. The van der Waals surface area contributed by atoms with Crippen LogP contribution in [0.15, 0.2) is 0 Å². The van der Waals surface area contributed by atoms with Crippen LogP contribution in [0, 0.1) is 23.2 Å². The van der Waals surface area contributed by atoms with Crippen LogP contribution in [0.1, 0.15) is 32.1 Å². The van der Waals surface area contributed by atoms with E-state index in [4.69, 9.17) is 11.5 Å². The van der Waals surface area contributed by atoms with Crippen LogP contribution in [0.25, 0.3) is 0 Å². The first-order valence-electron chi connectivity index (χ1n) is 5.66. The molecule has 2 unspecified atom stereocenters. The summed E-state index contributed by atoms with van der Waals surface area (Å²) in [6, 6.07) is 0.346. The predicted molar refractivity (Wildman–Crippen MR) is 53.2 cm³/mol. The number of nitrogens with two attached hydrogens (primary N) is 2. The Balaban J connectivity index is 1.96. The minimum absolute atomic E-state index is 0.0659. The highest BCUT2D eigenvalue weighted by atomic mass is 16.1. The molecule has 4 aliphatic rings. The molecule has 0 aromatic carbocycles. The van der Waals surface area contributed by atoms with Crippen molar-refractivity contribution in [3.05, 3.63) is 0 Å². The van der Waals surface area contributed by atoms with Gasteiger partial charge in [-0.05, 0) is 49.9 Å². The molecule has 4 saturated carbocycles. The van der Waals surface area contributed by atoms with Crippen molar-refractivity contribution in [1.29, 1.82) is 0 Å². The number of primary amides is 1. The lowest BCUT2D eigenvalue weighted by atomic mass is 9.48. The summed E-state index contributed by atoms with van der Waals surface area (Å²) in [6.07, 6.45) is 5.47. The molecule has 0 aromatic rings. The molecule has 78 valence electrons. The fourth-order valence-electron chi connectivity index (χ4n) is 4.37. The maximum Gasteiger partial charge on any atom is 0.223 e. The molecule has 0 aromatic heterocycles. The molecule has 4 fully saturated rings. The van der Waals surface area contributed by atoms with Gasteiger partial charge in [-0.2, -0.15) is 0 Å².